The van der Waals surface area contributed by atoms with Gasteiger partial charge in [-0.15, -0.1) is 0 Å². The smallest absolute Gasteiger partial charge is 0.136 e. The molecule has 4 heteroatoms. The van der Waals surface area contributed by atoms with E-state index < -0.39 is 0 Å². The average molecular weight is 544 g/mol. The molecule has 0 fully saturated rings. The van der Waals surface area contributed by atoms with Gasteiger partial charge in [-0.1, -0.05) is 53.4 Å². The average Bonchev–Trinajstić information content (AvgIpc) is 3.01. The first-order chi connectivity index (χ1) is 19.5. The predicted octanol–water partition coefficient (Wildman–Crippen LogP) is 8.75. The Kier molecular flexibility index (Phi) is 13.4. The number of quaternary nitrogens is 1. The van der Waals surface area contributed by atoms with Crippen molar-refractivity contribution in [3.8, 4) is 0 Å². The zero-order valence-corrected chi connectivity index (χ0v) is 26.3. The Bertz CT molecular complexity index is 971. The Morgan fingerprint density at radius 3 is 1.05 bits per heavy atom. The highest BCUT2D eigenvalue weighted by molar-refractivity contribution is 5.66. The van der Waals surface area contributed by atoms with E-state index in [0.717, 1.165) is 26.2 Å². The number of unbranched alkanes of at least 4 members (excludes halogenated alkanes) is 4. The molecule has 1 N–H and O–H groups in total. The SMILES string of the molecule is CCCCN(CCCC)c1ccc(N(C)c2ccc([NH+](C)c3ccc(N(CCCC)CCCC)cc3)cc2)cc1. The van der Waals surface area contributed by atoms with Crippen LogP contribution in [0.3, 0.4) is 0 Å². The molecule has 0 spiro atoms. The molecule has 0 aromatic heterocycles. The van der Waals surface area contributed by atoms with E-state index in [9.17, 15) is 0 Å². The van der Waals surface area contributed by atoms with E-state index in [1.807, 2.05) is 0 Å². The molecule has 0 saturated carbocycles. The fraction of sp³-hybridized carbons (Fsp3) is 0.500. The van der Waals surface area contributed by atoms with Crippen molar-refractivity contribution >= 4 is 34.1 Å². The monoisotopic (exact) mass is 543 g/mol. The van der Waals surface area contributed by atoms with Crippen LogP contribution in [0.4, 0.5) is 34.1 Å². The summed E-state index contributed by atoms with van der Waals surface area (Å²) in [5, 5.41) is 0. The van der Waals surface area contributed by atoms with E-state index in [4.69, 9.17) is 0 Å². The van der Waals surface area contributed by atoms with Crippen LogP contribution in [0.25, 0.3) is 0 Å². The molecule has 3 aromatic rings. The standard InChI is InChI=1S/C36H54N4/c1-7-11-27-39(28-12-8-2)35-23-19-33(20-24-35)37(5)31-15-17-32(18-16-31)38(6)34-21-25-36(26-22-34)40(29-13-9-3)30-14-10-4/h15-26H,7-14,27-30H2,1-6H3/p+1. The van der Waals surface area contributed by atoms with Crippen LogP contribution in [0, 0.1) is 0 Å². The first kappa shape index (κ1) is 31.5. The van der Waals surface area contributed by atoms with E-state index in [2.05, 4.69) is 129 Å². The van der Waals surface area contributed by atoms with E-state index in [1.165, 1.54) is 90.4 Å². The molecule has 3 rings (SSSR count). The van der Waals surface area contributed by atoms with Crippen molar-refractivity contribution < 1.29 is 4.90 Å². The molecule has 40 heavy (non-hydrogen) atoms. The molecule has 0 bridgehead atoms. The molecule has 0 amide bonds. The molecule has 0 saturated heterocycles. The van der Waals surface area contributed by atoms with Crippen LogP contribution < -0.4 is 19.6 Å². The number of hydrogen-bond donors (Lipinski definition) is 1. The fourth-order valence-corrected chi connectivity index (χ4v) is 5.20. The summed E-state index contributed by atoms with van der Waals surface area (Å²) >= 11 is 0. The number of rotatable bonds is 18. The molecule has 1 unspecified atom stereocenters. The van der Waals surface area contributed by atoms with Gasteiger partial charge >= 0.3 is 0 Å². The lowest BCUT2D eigenvalue weighted by Crippen LogP contribution is -2.98. The number of hydrogen-bond acceptors (Lipinski definition) is 3. The van der Waals surface area contributed by atoms with Gasteiger partial charge in [0, 0.05) is 80.2 Å². The van der Waals surface area contributed by atoms with E-state index in [-0.39, 0.29) is 0 Å². The maximum atomic E-state index is 2.55. The Balaban J connectivity index is 1.66. The molecular weight excluding hydrogens is 488 g/mol. The van der Waals surface area contributed by atoms with E-state index in [1.54, 1.807) is 0 Å². The first-order valence-electron chi connectivity index (χ1n) is 15.9. The van der Waals surface area contributed by atoms with E-state index in [0.29, 0.717) is 0 Å². The van der Waals surface area contributed by atoms with Crippen LogP contribution in [0.5, 0.6) is 0 Å². The minimum atomic E-state index is 1.14. The lowest BCUT2D eigenvalue weighted by Gasteiger charge is -2.26. The van der Waals surface area contributed by atoms with Crippen molar-refractivity contribution in [1.82, 2.24) is 0 Å². The zero-order valence-electron chi connectivity index (χ0n) is 26.3. The molecule has 0 aliphatic heterocycles. The summed E-state index contributed by atoms with van der Waals surface area (Å²) in [7, 11) is 4.40. The van der Waals surface area contributed by atoms with Gasteiger partial charge in [0.2, 0.25) is 0 Å². The van der Waals surface area contributed by atoms with Crippen molar-refractivity contribution in [3.05, 3.63) is 72.8 Å². The summed E-state index contributed by atoms with van der Waals surface area (Å²) in [6.45, 7) is 13.7. The highest BCUT2D eigenvalue weighted by atomic mass is 15.1. The maximum Gasteiger partial charge on any atom is 0.136 e. The number of nitrogens with zero attached hydrogens (tertiary/aromatic N) is 3. The Morgan fingerprint density at radius 1 is 0.450 bits per heavy atom. The molecule has 3 aromatic carbocycles. The third-order valence-electron chi connectivity index (χ3n) is 8.08. The zero-order chi connectivity index (χ0) is 28.7. The molecule has 1 atom stereocenters. The van der Waals surface area contributed by atoms with Crippen molar-refractivity contribution in [2.45, 2.75) is 79.1 Å². The topological polar surface area (TPSA) is 14.2 Å². The molecular formula is C36H55N4+. The Labute approximate surface area is 245 Å². The lowest BCUT2D eigenvalue weighted by atomic mass is 10.1. The van der Waals surface area contributed by atoms with Crippen LogP contribution in [-0.2, 0) is 0 Å². The third kappa shape index (κ3) is 9.02. The van der Waals surface area contributed by atoms with Gasteiger partial charge in [0.1, 0.15) is 11.4 Å². The van der Waals surface area contributed by atoms with Crippen molar-refractivity contribution in [2.24, 2.45) is 0 Å². The van der Waals surface area contributed by atoms with Crippen LogP contribution in [-0.4, -0.2) is 40.3 Å². The van der Waals surface area contributed by atoms with Crippen molar-refractivity contribution in [2.75, 3.05) is 55.0 Å². The van der Waals surface area contributed by atoms with Gasteiger partial charge in [-0.25, -0.2) is 0 Å². The van der Waals surface area contributed by atoms with Gasteiger partial charge in [-0.2, -0.15) is 0 Å². The highest BCUT2D eigenvalue weighted by Gasteiger charge is 2.14. The van der Waals surface area contributed by atoms with Crippen molar-refractivity contribution in [3.63, 3.8) is 0 Å². The minimum absolute atomic E-state index is 1.14. The highest BCUT2D eigenvalue weighted by Crippen LogP contribution is 2.27. The summed E-state index contributed by atoms with van der Waals surface area (Å²) in [6.07, 6.45) is 9.93. The second-order valence-electron chi connectivity index (χ2n) is 11.2. The van der Waals surface area contributed by atoms with Crippen LogP contribution >= 0.6 is 0 Å². The van der Waals surface area contributed by atoms with E-state index >= 15 is 0 Å². The predicted molar refractivity (Wildman–Crippen MR) is 178 cm³/mol. The van der Waals surface area contributed by atoms with Gasteiger partial charge in [-0.3, -0.25) is 4.90 Å². The largest absolute Gasteiger partial charge is 0.372 e. The van der Waals surface area contributed by atoms with Gasteiger partial charge in [0.25, 0.3) is 0 Å². The quantitative estimate of drug-likeness (QED) is 0.172. The van der Waals surface area contributed by atoms with Crippen LogP contribution in [0.2, 0.25) is 0 Å². The first-order valence-corrected chi connectivity index (χ1v) is 15.9. The summed E-state index contributed by atoms with van der Waals surface area (Å²) < 4.78 is 0. The molecule has 0 aliphatic carbocycles. The Morgan fingerprint density at radius 2 is 0.725 bits per heavy atom. The number of nitrogens with one attached hydrogen (secondary N) is 1. The second kappa shape index (κ2) is 17.0. The second-order valence-corrected chi connectivity index (χ2v) is 11.2. The summed E-state index contributed by atoms with van der Waals surface area (Å²) in [4.78, 5) is 8.70. The van der Waals surface area contributed by atoms with Gasteiger partial charge < -0.3 is 14.7 Å². The van der Waals surface area contributed by atoms with Gasteiger partial charge in [0.15, 0.2) is 0 Å². The number of benzene rings is 3. The van der Waals surface area contributed by atoms with Crippen molar-refractivity contribution in [1.29, 1.82) is 0 Å². The molecule has 0 heterocycles. The summed E-state index contributed by atoms with van der Waals surface area (Å²) in [6, 6.07) is 27.3. The summed E-state index contributed by atoms with van der Waals surface area (Å²) in [5.41, 5.74) is 7.67. The number of anilines is 4. The third-order valence-corrected chi connectivity index (χ3v) is 8.08. The molecule has 218 valence electrons. The molecule has 0 radical (unpaired) electrons. The van der Waals surface area contributed by atoms with Crippen LogP contribution in [0.1, 0.15) is 79.1 Å². The fourth-order valence-electron chi connectivity index (χ4n) is 5.20. The van der Waals surface area contributed by atoms with Crippen LogP contribution in [0.15, 0.2) is 72.8 Å². The molecule has 0 aliphatic rings. The van der Waals surface area contributed by atoms with Gasteiger partial charge in [0.05, 0.1) is 7.05 Å². The minimum Gasteiger partial charge on any atom is -0.372 e. The molecule has 4 nitrogen and oxygen atoms in total. The Hall–Kier alpha value is -2.98. The van der Waals surface area contributed by atoms with Gasteiger partial charge in [-0.05, 0) is 74.2 Å². The normalized spacial score (nSPS) is 11.8. The maximum absolute atomic E-state index is 2.55. The summed E-state index contributed by atoms with van der Waals surface area (Å²) in [5.74, 6) is 0. The lowest BCUT2D eigenvalue weighted by molar-refractivity contribution is -0.735.